The first-order valence-corrected chi connectivity index (χ1v) is 7.10. The van der Waals surface area contributed by atoms with Crippen LogP contribution < -0.4 is 0 Å². The van der Waals surface area contributed by atoms with E-state index in [4.69, 9.17) is 5.11 Å². The van der Waals surface area contributed by atoms with Crippen LogP contribution in [-0.2, 0) is 14.8 Å². The number of hydrogen-bond donors (Lipinski definition) is 1. The Labute approximate surface area is 110 Å². The van der Waals surface area contributed by atoms with Gasteiger partial charge in [0.15, 0.2) is 5.78 Å². The minimum Gasteiger partial charge on any atom is -0.481 e. The van der Waals surface area contributed by atoms with E-state index in [-0.39, 0.29) is 23.8 Å². The van der Waals surface area contributed by atoms with Gasteiger partial charge in [-0.05, 0) is 19.1 Å². The number of ketones is 1. The summed E-state index contributed by atoms with van der Waals surface area (Å²) in [5, 5.41) is 8.74. The molecular weight excluding hydrogens is 270 g/mol. The first-order valence-electron chi connectivity index (χ1n) is 5.66. The number of carbonyl (C=O) groups is 2. The Balaban J connectivity index is 2.24. The highest BCUT2D eigenvalue weighted by atomic mass is 32.2. The fourth-order valence-corrected chi connectivity index (χ4v) is 3.39. The van der Waals surface area contributed by atoms with E-state index in [9.17, 15) is 18.0 Å². The maximum absolute atomic E-state index is 12.2. The van der Waals surface area contributed by atoms with Crippen LogP contribution in [0.15, 0.2) is 29.2 Å². The molecule has 2 rings (SSSR count). The van der Waals surface area contributed by atoms with Crippen LogP contribution in [0.4, 0.5) is 0 Å². The molecule has 1 fully saturated rings. The quantitative estimate of drug-likeness (QED) is 0.817. The van der Waals surface area contributed by atoms with Crippen molar-refractivity contribution in [3.05, 3.63) is 29.8 Å². The Kier molecular flexibility index (Phi) is 3.42. The zero-order valence-electron chi connectivity index (χ0n) is 10.2. The fourth-order valence-electron chi connectivity index (χ4n) is 1.82. The monoisotopic (exact) mass is 283 g/mol. The first kappa shape index (κ1) is 13.7. The second kappa shape index (κ2) is 4.75. The predicted molar refractivity (Wildman–Crippen MR) is 66.3 cm³/mol. The highest BCUT2D eigenvalue weighted by Gasteiger charge is 2.40. The highest BCUT2D eigenvalue weighted by molar-refractivity contribution is 7.89. The summed E-state index contributed by atoms with van der Waals surface area (Å²) >= 11 is 0. The van der Waals surface area contributed by atoms with Gasteiger partial charge in [0.05, 0.1) is 10.8 Å². The molecule has 0 atom stereocenters. The second-order valence-corrected chi connectivity index (χ2v) is 6.38. The van der Waals surface area contributed by atoms with Crippen LogP contribution >= 0.6 is 0 Å². The highest BCUT2D eigenvalue weighted by Crippen LogP contribution is 2.25. The summed E-state index contributed by atoms with van der Waals surface area (Å²) in [6.45, 7) is 1.31. The van der Waals surface area contributed by atoms with E-state index < -0.39 is 21.9 Å². The molecule has 19 heavy (non-hydrogen) atoms. The summed E-state index contributed by atoms with van der Waals surface area (Å²) in [4.78, 5) is 21.9. The first-order chi connectivity index (χ1) is 8.82. The lowest BCUT2D eigenvalue weighted by Gasteiger charge is -2.35. The number of sulfonamides is 1. The number of aliphatic carboxylic acids is 1. The number of carbonyl (C=O) groups excluding carboxylic acids is 1. The van der Waals surface area contributed by atoms with Crippen LogP contribution in [0.1, 0.15) is 17.3 Å². The number of hydrogen-bond acceptors (Lipinski definition) is 4. The molecule has 1 N–H and O–H groups in total. The standard InChI is InChI=1S/C12H13NO5S/c1-8(14)9-3-2-4-11(5-9)19(17,18)13-6-10(7-13)12(15)16/h2-5,10H,6-7H2,1H3,(H,15,16). The molecule has 0 aliphatic carbocycles. The molecule has 0 spiro atoms. The molecule has 102 valence electrons. The molecule has 0 bridgehead atoms. The number of rotatable bonds is 4. The van der Waals surface area contributed by atoms with E-state index in [2.05, 4.69) is 0 Å². The number of Topliss-reactive ketones (excluding diaryl/α,β-unsaturated/α-hetero) is 1. The van der Waals surface area contributed by atoms with E-state index in [0.717, 1.165) is 4.31 Å². The Hall–Kier alpha value is -1.73. The van der Waals surface area contributed by atoms with Crippen LogP contribution in [0.25, 0.3) is 0 Å². The van der Waals surface area contributed by atoms with Gasteiger partial charge in [-0.15, -0.1) is 0 Å². The van der Waals surface area contributed by atoms with E-state index in [0.29, 0.717) is 5.56 Å². The van der Waals surface area contributed by atoms with Crippen LogP contribution in [0, 0.1) is 5.92 Å². The number of benzene rings is 1. The molecule has 1 aliphatic heterocycles. The smallest absolute Gasteiger partial charge is 0.309 e. The summed E-state index contributed by atoms with van der Waals surface area (Å²) in [6.07, 6.45) is 0. The third-order valence-electron chi connectivity index (χ3n) is 3.08. The van der Waals surface area contributed by atoms with Gasteiger partial charge in [0.25, 0.3) is 0 Å². The molecule has 1 heterocycles. The summed E-state index contributed by atoms with van der Waals surface area (Å²) in [5.41, 5.74) is 0.316. The van der Waals surface area contributed by atoms with E-state index in [1.54, 1.807) is 0 Å². The van der Waals surface area contributed by atoms with Gasteiger partial charge in [-0.25, -0.2) is 8.42 Å². The zero-order valence-corrected chi connectivity index (χ0v) is 11.1. The molecule has 0 aromatic heterocycles. The van der Waals surface area contributed by atoms with Gasteiger partial charge in [-0.1, -0.05) is 12.1 Å². The summed E-state index contributed by atoms with van der Waals surface area (Å²) in [5.74, 6) is -1.86. The number of carboxylic acids is 1. The van der Waals surface area contributed by atoms with Crippen molar-refractivity contribution < 1.29 is 23.1 Å². The lowest BCUT2D eigenvalue weighted by molar-refractivity contribution is -0.145. The fraction of sp³-hybridized carbons (Fsp3) is 0.333. The van der Waals surface area contributed by atoms with Crippen molar-refractivity contribution in [1.29, 1.82) is 0 Å². The zero-order chi connectivity index (χ0) is 14.2. The molecule has 6 nitrogen and oxygen atoms in total. The lowest BCUT2D eigenvalue weighted by Crippen LogP contribution is -2.52. The molecule has 0 amide bonds. The van der Waals surface area contributed by atoms with Gasteiger partial charge >= 0.3 is 5.97 Å². The van der Waals surface area contributed by atoms with Crippen molar-refractivity contribution >= 4 is 21.8 Å². The van der Waals surface area contributed by atoms with Crippen molar-refractivity contribution in [1.82, 2.24) is 4.31 Å². The van der Waals surface area contributed by atoms with Crippen molar-refractivity contribution in [3.63, 3.8) is 0 Å². The summed E-state index contributed by atoms with van der Waals surface area (Å²) in [6, 6.07) is 5.75. The van der Waals surface area contributed by atoms with Gasteiger partial charge in [0.2, 0.25) is 10.0 Å². The van der Waals surface area contributed by atoms with Crippen molar-refractivity contribution in [3.8, 4) is 0 Å². The second-order valence-electron chi connectivity index (χ2n) is 4.44. The average Bonchev–Trinajstić information content (AvgIpc) is 2.26. The Morgan fingerprint density at radius 1 is 1.32 bits per heavy atom. The molecule has 1 aromatic carbocycles. The minimum absolute atomic E-state index is 0.0176. The van der Waals surface area contributed by atoms with E-state index >= 15 is 0 Å². The molecule has 1 aromatic rings. The van der Waals surface area contributed by atoms with Crippen molar-refractivity contribution in [2.75, 3.05) is 13.1 Å². The Morgan fingerprint density at radius 2 is 1.95 bits per heavy atom. The molecule has 1 saturated heterocycles. The van der Waals surface area contributed by atoms with Gasteiger partial charge in [-0.3, -0.25) is 9.59 Å². The summed E-state index contributed by atoms with van der Waals surface area (Å²) in [7, 11) is -3.71. The van der Waals surface area contributed by atoms with Crippen LogP contribution in [0.3, 0.4) is 0 Å². The third kappa shape index (κ3) is 2.52. The van der Waals surface area contributed by atoms with E-state index in [1.165, 1.54) is 31.2 Å². The third-order valence-corrected chi connectivity index (χ3v) is 4.90. The largest absolute Gasteiger partial charge is 0.481 e. The molecular formula is C12H13NO5S. The maximum Gasteiger partial charge on any atom is 0.309 e. The normalized spacial score (nSPS) is 16.9. The van der Waals surface area contributed by atoms with Gasteiger partial charge in [0, 0.05) is 18.7 Å². The maximum atomic E-state index is 12.2. The minimum atomic E-state index is -3.71. The van der Waals surface area contributed by atoms with Gasteiger partial charge in [0.1, 0.15) is 0 Å². The molecule has 0 radical (unpaired) electrons. The molecule has 1 aliphatic rings. The van der Waals surface area contributed by atoms with Gasteiger partial charge in [-0.2, -0.15) is 4.31 Å². The Morgan fingerprint density at radius 3 is 2.47 bits per heavy atom. The van der Waals surface area contributed by atoms with E-state index in [1.807, 2.05) is 0 Å². The average molecular weight is 283 g/mol. The number of carboxylic acid groups (broad SMARTS) is 1. The SMILES string of the molecule is CC(=O)c1cccc(S(=O)(=O)N2CC(C(=O)O)C2)c1. The van der Waals surface area contributed by atoms with Crippen molar-refractivity contribution in [2.45, 2.75) is 11.8 Å². The molecule has 7 heteroatoms. The van der Waals surface area contributed by atoms with Crippen LogP contribution in [0.2, 0.25) is 0 Å². The number of nitrogens with zero attached hydrogens (tertiary/aromatic N) is 1. The molecule has 0 saturated carbocycles. The molecule has 0 unspecified atom stereocenters. The van der Waals surface area contributed by atoms with Gasteiger partial charge < -0.3 is 5.11 Å². The lowest BCUT2D eigenvalue weighted by atomic mass is 10.0. The predicted octanol–water partition coefficient (Wildman–Crippen LogP) is 0.594. The Bertz CT molecular complexity index is 631. The topological polar surface area (TPSA) is 91.8 Å². The van der Waals surface area contributed by atoms with Crippen molar-refractivity contribution in [2.24, 2.45) is 5.92 Å². The van der Waals surface area contributed by atoms with Crippen LogP contribution in [0.5, 0.6) is 0 Å². The van der Waals surface area contributed by atoms with Crippen LogP contribution in [-0.4, -0.2) is 42.7 Å². The summed E-state index contributed by atoms with van der Waals surface area (Å²) < 4.78 is 25.5.